The second-order valence-corrected chi connectivity index (χ2v) is 3.96. The number of alkyl halides is 3. The highest BCUT2D eigenvalue weighted by Crippen LogP contribution is 2.32. The molecule has 15 heavy (non-hydrogen) atoms. The molecule has 1 atom stereocenters. The van der Waals surface area contributed by atoms with Gasteiger partial charge in [0.25, 0.3) is 0 Å². The minimum atomic E-state index is -4.36. The van der Waals surface area contributed by atoms with Crippen molar-refractivity contribution in [1.29, 1.82) is 0 Å². The lowest BCUT2D eigenvalue weighted by Gasteiger charge is -2.11. The Labute approximate surface area is 91.0 Å². The molecule has 84 valence electrons. The second kappa shape index (κ2) is 4.41. The van der Waals surface area contributed by atoms with Crippen molar-refractivity contribution in [2.24, 2.45) is 5.73 Å². The van der Waals surface area contributed by atoms with E-state index in [2.05, 4.69) is 0 Å². The van der Waals surface area contributed by atoms with Crippen LogP contribution < -0.4 is 5.73 Å². The summed E-state index contributed by atoms with van der Waals surface area (Å²) in [5.41, 5.74) is 5.28. The Bertz CT molecular complexity index is 347. The van der Waals surface area contributed by atoms with E-state index in [1.54, 1.807) is 6.92 Å². The fourth-order valence-corrected chi connectivity index (χ4v) is 1.56. The summed E-state index contributed by atoms with van der Waals surface area (Å²) in [6.45, 7) is 1.73. The van der Waals surface area contributed by atoms with E-state index in [9.17, 15) is 13.2 Å². The SMILES string of the molecule is C[C@H](N)Cc1cc(Cl)cc(C(F)(F)F)c1. The van der Waals surface area contributed by atoms with E-state index in [0.29, 0.717) is 12.0 Å². The number of halogens is 4. The third-order valence-electron chi connectivity index (χ3n) is 1.84. The molecule has 2 N–H and O–H groups in total. The lowest BCUT2D eigenvalue weighted by Crippen LogP contribution is -2.18. The van der Waals surface area contributed by atoms with Crippen LogP contribution in [0, 0.1) is 0 Å². The van der Waals surface area contributed by atoms with Crippen LogP contribution in [0.3, 0.4) is 0 Å². The minimum absolute atomic E-state index is 0.0838. The molecule has 0 aromatic heterocycles. The first kappa shape index (κ1) is 12.3. The number of benzene rings is 1. The van der Waals surface area contributed by atoms with Gasteiger partial charge in [0.05, 0.1) is 5.56 Å². The van der Waals surface area contributed by atoms with Gasteiger partial charge in [-0.3, -0.25) is 0 Å². The lowest BCUT2D eigenvalue weighted by molar-refractivity contribution is -0.137. The molecule has 1 aromatic carbocycles. The van der Waals surface area contributed by atoms with Gasteiger partial charge in [0, 0.05) is 11.1 Å². The minimum Gasteiger partial charge on any atom is -0.328 e. The monoisotopic (exact) mass is 237 g/mol. The molecule has 0 saturated carbocycles. The number of nitrogens with two attached hydrogens (primary N) is 1. The molecule has 5 heteroatoms. The summed E-state index contributed by atoms with van der Waals surface area (Å²) >= 11 is 5.60. The van der Waals surface area contributed by atoms with Gasteiger partial charge in [-0.2, -0.15) is 13.2 Å². The van der Waals surface area contributed by atoms with Gasteiger partial charge >= 0.3 is 6.18 Å². The summed E-state index contributed by atoms with van der Waals surface area (Å²) in [5.74, 6) is 0. The molecule has 0 radical (unpaired) electrons. The van der Waals surface area contributed by atoms with E-state index in [1.807, 2.05) is 0 Å². The molecule has 0 fully saturated rings. The first-order chi connectivity index (χ1) is 6.79. The maximum Gasteiger partial charge on any atom is 0.416 e. The van der Waals surface area contributed by atoms with Gasteiger partial charge in [0.2, 0.25) is 0 Å². The van der Waals surface area contributed by atoms with Crippen molar-refractivity contribution < 1.29 is 13.2 Å². The summed E-state index contributed by atoms with van der Waals surface area (Å²) in [6, 6.07) is 3.30. The Hall–Kier alpha value is -0.740. The first-order valence-corrected chi connectivity index (χ1v) is 4.79. The fraction of sp³-hybridized carbons (Fsp3) is 0.400. The van der Waals surface area contributed by atoms with E-state index in [4.69, 9.17) is 17.3 Å². The van der Waals surface area contributed by atoms with Crippen molar-refractivity contribution >= 4 is 11.6 Å². The van der Waals surface area contributed by atoms with Crippen LogP contribution in [0.1, 0.15) is 18.1 Å². The van der Waals surface area contributed by atoms with Gasteiger partial charge in [-0.25, -0.2) is 0 Å². The van der Waals surface area contributed by atoms with E-state index >= 15 is 0 Å². The third kappa shape index (κ3) is 3.72. The van der Waals surface area contributed by atoms with E-state index in [-0.39, 0.29) is 11.1 Å². The van der Waals surface area contributed by atoms with Crippen molar-refractivity contribution in [2.75, 3.05) is 0 Å². The van der Waals surface area contributed by atoms with Crippen molar-refractivity contribution in [1.82, 2.24) is 0 Å². The van der Waals surface area contributed by atoms with Crippen LogP contribution in [0.4, 0.5) is 13.2 Å². The zero-order chi connectivity index (χ0) is 11.6. The second-order valence-electron chi connectivity index (χ2n) is 3.53. The number of hydrogen-bond donors (Lipinski definition) is 1. The van der Waals surface area contributed by atoms with Crippen molar-refractivity contribution in [3.63, 3.8) is 0 Å². The van der Waals surface area contributed by atoms with Crippen molar-refractivity contribution in [2.45, 2.75) is 25.6 Å². The van der Waals surface area contributed by atoms with Crippen LogP contribution in [-0.4, -0.2) is 6.04 Å². The van der Waals surface area contributed by atoms with Crippen LogP contribution in [-0.2, 0) is 12.6 Å². The normalized spacial score (nSPS) is 14.0. The molecule has 0 saturated heterocycles. The smallest absolute Gasteiger partial charge is 0.328 e. The predicted octanol–water partition coefficient (Wildman–Crippen LogP) is 3.25. The molecule has 0 amide bonds. The number of rotatable bonds is 2. The zero-order valence-corrected chi connectivity index (χ0v) is 8.86. The molecule has 0 heterocycles. The molecule has 1 aromatic rings. The molecule has 0 unspecified atom stereocenters. The molecule has 0 spiro atoms. The highest BCUT2D eigenvalue weighted by Gasteiger charge is 2.31. The largest absolute Gasteiger partial charge is 0.416 e. The quantitative estimate of drug-likeness (QED) is 0.840. The van der Waals surface area contributed by atoms with Crippen LogP contribution in [0.15, 0.2) is 18.2 Å². The topological polar surface area (TPSA) is 26.0 Å². The maximum atomic E-state index is 12.4. The predicted molar refractivity (Wildman–Crippen MR) is 53.8 cm³/mol. The van der Waals surface area contributed by atoms with E-state index in [1.165, 1.54) is 6.07 Å². The van der Waals surface area contributed by atoms with Crippen LogP contribution in [0.25, 0.3) is 0 Å². The maximum absolute atomic E-state index is 12.4. The molecular weight excluding hydrogens is 227 g/mol. The molecule has 0 aliphatic carbocycles. The molecule has 0 aliphatic rings. The van der Waals surface area contributed by atoms with Gasteiger partial charge in [0.1, 0.15) is 0 Å². The van der Waals surface area contributed by atoms with Gasteiger partial charge in [0.15, 0.2) is 0 Å². The van der Waals surface area contributed by atoms with Crippen LogP contribution in [0.5, 0.6) is 0 Å². The molecule has 1 nitrogen and oxygen atoms in total. The van der Waals surface area contributed by atoms with Gasteiger partial charge in [-0.15, -0.1) is 0 Å². The lowest BCUT2D eigenvalue weighted by atomic mass is 10.0. The molecule has 0 bridgehead atoms. The van der Waals surface area contributed by atoms with E-state index < -0.39 is 11.7 Å². The van der Waals surface area contributed by atoms with Gasteiger partial charge in [-0.1, -0.05) is 11.6 Å². The fourth-order valence-electron chi connectivity index (χ4n) is 1.30. The third-order valence-corrected chi connectivity index (χ3v) is 2.06. The summed E-state index contributed by atoms with van der Waals surface area (Å²) in [4.78, 5) is 0. The molecule has 1 rings (SSSR count). The first-order valence-electron chi connectivity index (χ1n) is 4.41. The standard InChI is InChI=1S/C10H11ClF3N/c1-6(15)2-7-3-8(10(12,13)14)5-9(11)4-7/h3-6H,2,15H2,1H3/t6-/m0/s1. The Balaban J connectivity index is 3.06. The summed E-state index contributed by atoms with van der Waals surface area (Å²) in [7, 11) is 0. The Morgan fingerprint density at radius 1 is 1.33 bits per heavy atom. The Morgan fingerprint density at radius 3 is 2.40 bits per heavy atom. The number of hydrogen-bond acceptors (Lipinski definition) is 1. The van der Waals surface area contributed by atoms with Crippen molar-refractivity contribution in [3.8, 4) is 0 Å². The van der Waals surface area contributed by atoms with Gasteiger partial charge < -0.3 is 5.73 Å². The van der Waals surface area contributed by atoms with Crippen LogP contribution in [0.2, 0.25) is 5.02 Å². The summed E-state index contributed by atoms with van der Waals surface area (Å²) < 4.78 is 37.2. The Morgan fingerprint density at radius 2 is 1.93 bits per heavy atom. The van der Waals surface area contributed by atoms with Crippen LogP contribution >= 0.6 is 11.6 Å². The van der Waals surface area contributed by atoms with Gasteiger partial charge in [-0.05, 0) is 37.1 Å². The summed E-state index contributed by atoms with van der Waals surface area (Å²) in [5, 5.41) is 0.0838. The highest BCUT2D eigenvalue weighted by molar-refractivity contribution is 6.30. The Kier molecular flexibility index (Phi) is 3.62. The average molecular weight is 238 g/mol. The zero-order valence-electron chi connectivity index (χ0n) is 8.11. The van der Waals surface area contributed by atoms with Crippen molar-refractivity contribution in [3.05, 3.63) is 34.3 Å². The molecule has 0 aliphatic heterocycles. The average Bonchev–Trinajstić information content (AvgIpc) is 1.99. The highest BCUT2D eigenvalue weighted by atomic mass is 35.5. The van der Waals surface area contributed by atoms with E-state index in [0.717, 1.165) is 12.1 Å². The molecular formula is C10H11ClF3N. The summed E-state index contributed by atoms with van der Waals surface area (Å²) in [6.07, 6.45) is -3.98.